The number of rotatable bonds is 8. The fourth-order valence-electron chi connectivity index (χ4n) is 7.79. The second-order valence-corrected chi connectivity index (χ2v) is 14.8. The van der Waals surface area contributed by atoms with Crippen molar-refractivity contribution in [1.29, 1.82) is 0 Å². The molecule has 0 bridgehead atoms. The molecule has 9 rings (SSSR count). The molecule has 0 amide bonds. The summed E-state index contributed by atoms with van der Waals surface area (Å²) in [6, 6.07) is 58.9. The highest BCUT2D eigenvalue weighted by Crippen LogP contribution is 2.42. The Morgan fingerprint density at radius 1 is 0.350 bits per heavy atom. The fourth-order valence-corrected chi connectivity index (χ4v) is 7.79. The number of alkyl halides is 3. The Kier molecular flexibility index (Phi) is 10.2. The van der Waals surface area contributed by atoms with Gasteiger partial charge in [-0.1, -0.05) is 133 Å². The van der Waals surface area contributed by atoms with Crippen LogP contribution in [0.3, 0.4) is 0 Å². The van der Waals surface area contributed by atoms with Gasteiger partial charge in [-0.2, -0.15) is 13.2 Å². The van der Waals surface area contributed by atoms with Crippen molar-refractivity contribution in [3.05, 3.63) is 217 Å². The average molecular weight is 789 g/mol. The van der Waals surface area contributed by atoms with Crippen LogP contribution in [0.1, 0.15) is 11.1 Å². The van der Waals surface area contributed by atoms with E-state index in [0.717, 1.165) is 95.7 Å². The van der Waals surface area contributed by atoms with E-state index >= 15 is 0 Å². The number of halogens is 4. The summed E-state index contributed by atoms with van der Waals surface area (Å²) < 4.78 is 55.0. The van der Waals surface area contributed by atoms with Crippen LogP contribution in [-0.4, -0.2) is 9.97 Å². The third-order valence-electron chi connectivity index (χ3n) is 10.8. The summed E-state index contributed by atoms with van der Waals surface area (Å²) in [5, 5.41) is 0. The molecule has 6 heteroatoms. The van der Waals surface area contributed by atoms with Crippen molar-refractivity contribution in [2.75, 3.05) is 0 Å². The normalized spacial score (nSPS) is 11.4. The molecule has 0 saturated heterocycles. The molecular weight excluding hydrogens is 753 g/mol. The first-order valence-corrected chi connectivity index (χ1v) is 19.5. The van der Waals surface area contributed by atoms with E-state index in [1.165, 1.54) is 18.2 Å². The minimum atomic E-state index is -4.48. The van der Waals surface area contributed by atoms with E-state index in [1.54, 1.807) is 24.4 Å². The molecule has 0 atom stereocenters. The Morgan fingerprint density at radius 2 is 0.883 bits per heavy atom. The van der Waals surface area contributed by atoms with E-state index in [4.69, 9.17) is 9.97 Å². The lowest BCUT2D eigenvalue weighted by Crippen LogP contribution is -2.04. The minimum absolute atomic E-state index is 0.290. The average Bonchev–Trinajstić information content (AvgIpc) is 3.29. The molecule has 0 unspecified atom stereocenters. The molecular formula is C54H36F4N2. The summed E-state index contributed by atoms with van der Waals surface area (Å²) in [7, 11) is 0. The zero-order chi connectivity index (χ0) is 41.2. The molecule has 0 N–H and O–H groups in total. The third kappa shape index (κ3) is 7.88. The van der Waals surface area contributed by atoms with Gasteiger partial charge in [0, 0.05) is 34.6 Å². The van der Waals surface area contributed by atoms with E-state index in [2.05, 4.69) is 85.8 Å². The number of nitrogens with zero attached hydrogens (tertiary/aromatic N) is 2. The lowest BCUT2D eigenvalue weighted by Gasteiger charge is -2.18. The predicted octanol–water partition coefficient (Wildman–Crippen LogP) is 15.3. The molecule has 60 heavy (non-hydrogen) atoms. The van der Waals surface area contributed by atoms with E-state index in [9.17, 15) is 17.6 Å². The summed E-state index contributed by atoms with van der Waals surface area (Å²) in [5.74, 6) is -0.290. The van der Waals surface area contributed by atoms with Crippen molar-refractivity contribution >= 4 is 0 Å². The molecule has 0 saturated carbocycles. The summed E-state index contributed by atoms with van der Waals surface area (Å²) >= 11 is 0. The Morgan fingerprint density at radius 3 is 1.53 bits per heavy atom. The van der Waals surface area contributed by atoms with E-state index in [1.807, 2.05) is 66.9 Å². The molecule has 290 valence electrons. The number of aromatic nitrogens is 2. The number of benzene rings is 7. The van der Waals surface area contributed by atoms with Gasteiger partial charge in [-0.15, -0.1) is 0 Å². The first kappa shape index (κ1) is 38.1. The van der Waals surface area contributed by atoms with Crippen LogP contribution in [0.4, 0.5) is 17.6 Å². The topological polar surface area (TPSA) is 25.8 Å². The molecule has 0 spiro atoms. The highest BCUT2D eigenvalue weighted by molar-refractivity contribution is 5.94. The summed E-state index contributed by atoms with van der Waals surface area (Å²) in [4.78, 5) is 9.53. The molecule has 2 aromatic heterocycles. The van der Waals surface area contributed by atoms with E-state index in [0.29, 0.717) is 11.3 Å². The van der Waals surface area contributed by atoms with Crippen LogP contribution >= 0.6 is 0 Å². The highest BCUT2D eigenvalue weighted by atomic mass is 19.4. The molecule has 0 aliphatic heterocycles. The van der Waals surface area contributed by atoms with Gasteiger partial charge in [0.25, 0.3) is 0 Å². The van der Waals surface area contributed by atoms with Gasteiger partial charge in [0.2, 0.25) is 0 Å². The van der Waals surface area contributed by atoms with Gasteiger partial charge < -0.3 is 0 Å². The fraction of sp³-hybridized carbons (Fsp3) is 0.0370. The zero-order valence-electron chi connectivity index (χ0n) is 32.5. The molecule has 0 radical (unpaired) electrons. The van der Waals surface area contributed by atoms with Crippen LogP contribution in [0.15, 0.2) is 200 Å². The van der Waals surface area contributed by atoms with Gasteiger partial charge in [0.1, 0.15) is 5.82 Å². The highest BCUT2D eigenvalue weighted by Gasteiger charge is 2.30. The molecule has 0 fully saturated rings. The van der Waals surface area contributed by atoms with Crippen LogP contribution in [0, 0.1) is 12.7 Å². The quantitative estimate of drug-likeness (QED) is 0.143. The van der Waals surface area contributed by atoms with Gasteiger partial charge in [-0.3, -0.25) is 9.97 Å². The summed E-state index contributed by atoms with van der Waals surface area (Å²) in [6.07, 6.45) is -0.845. The second kappa shape index (κ2) is 16.1. The molecule has 0 aliphatic rings. The van der Waals surface area contributed by atoms with E-state index < -0.39 is 11.7 Å². The Hall–Kier alpha value is -7.44. The van der Waals surface area contributed by atoms with Crippen molar-refractivity contribution < 1.29 is 17.6 Å². The first-order chi connectivity index (χ1) is 29.2. The molecule has 0 aliphatic carbocycles. The number of hydrogen-bond acceptors (Lipinski definition) is 2. The van der Waals surface area contributed by atoms with Gasteiger partial charge in [-0.05, 0) is 123 Å². The van der Waals surface area contributed by atoms with Gasteiger partial charge in [0.15, 0.2) is 0 Å². The Labute approximate surface area is 346 Å². The van der Waals surface area contributed by atoms with Gasteiger partial charge >= 0.3 is 6.18 Å². The third-order valence-corrected chi connectivity index (χ3v) is 10.8. The molecule has 7 aromatic carbocycles. The number of aryl methyl sites for hydroxylation is 1. The lowest BCUT2D eigenvalue weighted by atomic mass is 9.87. The van der Waals surface area contributed by atoms with Crippen molar-refractivity contribution in [3.8, 4) is 89.3 Å². The maximum Gasteiger partial charge on any atom is 0.416 e. The van der Waals surface area contributed by atoms with Crippen LogP contribution in [0.5, 0.6) is 0 Å². The SMILES string of the molecule is Cc1cc(-c2ccccc2-c2ccc(-c3ccc(F)cc3)nc2)cc(-c2ccccc2-c2cnc(-c3cccc(C(F)(F)F)c3)cc2-c2ccc(-c3ccccc3)cc2)c1. The maximum atomic E-state index is 13.8. The van der Waals surface area contributed by atoms with Crippen LogP contribution < -0.4 is 0 Å². The summed E-state index contributed by atoms with van der Waals surface area (Å²) in [5.41, 5.74) is 14.5. The van der Waals surface area contributed by atoms with Gasteiger partial charge in [-0.25, -0.2) is 4.39 Å². The Balaban J connectivity index is 1.14. The standard InChI is InChI=1S/C54H36F4N2/c1-35-28-42(47-15-6-5-14-46(47)41-24-27-52(59-33-41)39-22-25-45(55)26-23-39)30-43(29-35)48-16-7-8-17-49(48)51-34-60-53(40-12-9-13-44(31-40)54(56,57)58)32-50(51)38-20-18-37(19-21-38)36-10-3-2-4-11-36/h2-34H,1H3. The van der Waals surface area contributed by atoms with Crippen molar-refractivity contribution in [2.24, 2.45) is 0 Å². The van der Waals surface area contributed by atoms with Gasteiger partial charge in [0.05, 0.1) is 17.0 Å². The molecule has 2 heterocycles. The minimum Gasteiger partial charge on any atom is -0.256 e. The Bertz CT molecular complexity index is 2960. The van der Waals surface area contributed by atoms with Crippen LogP contribution in [0.25, 0.3) is 89.3 Å². The molecule has 2 nitrogen and oxygen atoms in total. The summed E-state index contributed by atoms with van der Waals surface area (Å²) in [6.45, 7) is 2.09. The first-order valence-electron chi connectivity index (χ1n) is 19.5. The predicted molar refractivity (Wildman–Crippen MR) is 235 cm³/mol. The zero-order valence-corrected chi connectivity index (χ0v) is 32.5. The molecule has 9 aromatic rings. The smallest absolute Gasteiger partial charge is 0.256 e. The second-order valence-electron chi connectivity index (χ2n) is 14.8. The van der Waals surface area contributed by atoms with Crippen molar-refractivity contribution in [2.45, 2.75) is 13.1 Å². The lowest BCUT2D eigenvalue weighted by molar-refractivity contribution is -0.137. The number of hydrogen-bond donors (Lipinski definition) is 0. The number of pyridine rings is 2. The van der Waals surface area contributed by atoms with Crippen LogP contribution in [0.2, 0.25) is 0 Å². The van der Waals surface area contributed by atoms with Crippen molar-refractivity contribution in [3.63, 3.8) is 0 Å². The largest absolute Gasteiger partial charge is 0.416 e. The van der Waals surface area contributed by atoms with E-state index in [-0.39, 0.29) is 5.82 Å². The van der Waals surface area contributed by atoms with Crippen LogP contribution in [-0.2, 0) is 6.18 Å². The maximum absolute atomic E-state index is 13.8. The van der Waals surface area contributed by atoms with Crippen molar-refractivity contribution in [1.82, 2.24) is 9.97 Å². The monoisotopic (exact) mass is 788 g/mol.